The SMILES string of the molecule is O=c1c(=O)c(=O)c2c3ccccc3c3ccccc3c2c1=O. The summed E-state index contributed by atoms with van der Waals surface area (Å²) in [5, 5.41) is 2.69. The first-order chi connectivity index (χ1) is 10.6. The van der Waals surface area contributed by atoms with Gasteiger partial charge in [0.15, 0.2) is 0 Å². The minimum absolute atomic E-state index is 0.0453. The molecule has 22 heavy (non-hydrogen) atoms. The topological polar surface area (TPSA) is 68.3 Å². The van der Waals surface area contributed by atoms with Gasteiger partial charge in [-0.05, 0) is 21.5 Å². The fourth-order valence-corrected chi connectivity index (χ4v) is 3.05. The zero-order valence-corrected chi connectivity index (χ0v) is 11.3. The highest BCUT2D eigenvalue weighted by Gasteiger charge is 2.18. The Balaban J connectivity index is 2.64. The molecule has 0 unspecified atom stereocenters. The van der Waals surface area contributed by atoms with E-state index in [1.54, 1.807) is 24.3 Å². The molecule has 0 saturated heterocycles. The lowest BCUT2D eigenvalue weighted by atomic mass is 9.94. The van der Waals surface area contributed by atoms with Crippen LogP contribution in [0.4, 0.5) is 0 Å². The van der Waals surface area contributed by atoms with E-state index in [-0.39, 0.29) is 10.8 Å². The largest absolute Gasteiger partial charge is 0.285 e. The summed E-state index contributed by atoms with van der Waals surface area (Å²) in [4.78, 5) is 48.1. The first-order valence-corrected chi connectivity index (χ1v) is 6.72. The molecule has 0 saturated carbocycles. The lowest BCUT2D eigenvalue weighted by Crippen LogP contribution is -2.46. The Morgan fingerprint density at radius 2 is 0.727 bits per heavy atom. The Labute approximate surface area is 122 Å². The molecule has 4 heteroatoms. The van der Waals surface area contributed by atoms with Gasteiger partial charge >= 0.3 is 0 Å². The van der Waals surface area contributed by atoms with Crippen molar-refractivity contribution in [2.24, 2.45) is 0 Å². The lowest BCUT2D eigenvalue weighted by Gasteiger charge is -2.07. The molecule has 4 rings (SSSR count). The van der Waals surface area contributed by atoms with Gasteiger partial charge in [-0.3, -0.25) is 19.2 Å². The molecule has 104 valence electrons. The average Bonchev–Trinajstić information content (AvgIpc) is 2.57. The van der Waals surface area contributed by atoms with Gasteiger partial charge in [0.2, 0.25) is 10.9 Å². The van der Waals surface area contributed by atoms with E-state index in [1.807, 2.05) is 24.3 Å². The molecule has 0 aromatic heterocycles. The Morgan fingerprint density at radius 1 is 0.409 bits per heavy atom. The number of benzene rings is 4. The minimum Gasteiger partial charge on any atom is -0.285 e. The van der Waals surface area contributed by atoms with Gasteiger partial charge < -0.3 is 0 Å². The third-order valence-electron chi connectivity index (χ3n) is 4.01. The van der Waals surface area contributed by atoms with Crippen LogP contribution in [-0.2, 0) is 0 Å². The van der Waals surface area contributed by atoms with E-state index >= 15 is 0 Å². The quantitative estimate of drug-likeness (QED) is 0.363. The van der Waals surface area contributed by atoms with Gasteiger partial charge in [-0.2, -0.15) is 0 Å². The molecule has 0 aliphatic heterocycles. The molecule has 0 aliphatic rings. The average molecular weight is 288 g/mol. The van der Waals surface area contributed by atoms with Crippen LogP contribution in [0.2, 0.25) is 0 Å². The first kappa shape index (κ1) is 12.6. The van der Waals surface area contributed by atoms with Crippen LogP contribution in [0.5, 0.6) is 0 Å². The van der Waals surface area contributed by atoms with Crippen molar-refractivity contribution in [2.75, 3.05) is 0 Å². The van der Waals surface area contributed by atoms with Crippen molar-refractivity contribution in [1.29, 1.82) is 0 Å². The van der Waals surface area contributed by atoms with E-state index in [9.17, 15) is 19.2 Å². The highest BCUT2D eigenvalue weighted by atomic mass is 16.2. The second-order valence-electron chi connectivity index (χ2n) is 5.16. The second-order valence-corrected chi connectivity index (χ2v) is 5.16. The van der Waals surface area contributed by atoms with Gasteiger partial charge in [-0.15, -0.1) is 0 Å². The number of fused-ring (bicyclic) bond motifs is 6. The van der Waals surface area contributed by atoms with Crippen LogP contribution in [0.25, 0.3) is 32.3 Å². The standard InChI is InChI=1S/C18H8O4/c19-15-13-11-7-3-1-5-9(11)10-6-2-4-8-12(10)14(13)16(20)18(22)17(15)21/h1-8H. The summed E-state index contributed by atoms with van der Waals surface area (Å²) in [5.41, 5.74) is -4.31. The first-order valence-electron chi connectivity index (χ1n) is 6.72. The summed E-state index contributed by atoms with van der Waals surface area (Å²) in [6, 6.07) is 14.1. The zero-order valence-electron chi connectivity index (χ0n) is 11.3. The Bertz CT molecular complexity index is 1190. The van der Waals surface area contributed by atoms with E-state index in [0.29, 0.717) is 10.8 Å². The molecule has 0 amide bonds. The molecule has 0 aliphatic carbocycles. The summed E-state index contributed by atoms with van der Waals surface area (Å²) in [6.45, 7) is 0. The minimum atomic E-state index is -1.25. The zero-order chi connectivity index (χ0) is 15.4. The van der Waals surface area contributed by atoms with Crippen LogP contribution < -0.4 is 21.7 Å². The van der Waals surface area contributed by atoms with Gasteiger partial charge in [-0.25, -0.2) is 0 Å². The summed E-state index contributed by atoms with van der Waals surface area (Å²) in [7, 11) is 0. The molecule has 4 aromatic carbocycles. The number of hydrogen-bond donors (Lipinski definition) is 0. The monoisotopic (exact) mass is 288 g/mol. The van der Waals surface area contributed by atoms with Crippen molar-refractivity contribution >= 4 is 32.3 Å². The summed E-state index contributed by atoms with van der Waals surface area (Å²) in [6.07, 6.45) is 0. The van der Waals surface area contributed by atoms with Crippen LogP contribution >= 0.6 is 0 Å². The summed E-state index contributed by atoms with van der Waals surface area (Å²) in [5.74, 6) is 0. The van der Waals surface area contributed by atoms with Crippen LogP contribution in [0.1, 0.15) is 0 Å². The third kappa shape index (κ3) is 1.41. The van der Waals surface area contributed by atoms with Crippen molar-refractivity contribution in [3.05, 3.63) is 89.4 Å². The molecule has 0 spiro atoms. The molecule has 4 nitrogen and oxygen atoms in total. The molecule has 4 aromatic rings. The summed E-state index contributed by atoms with van der Waals surface area (Å²) < 4.78 is 0. The van der Waals surface area contributed by atoms with E-state index in [1.165, 1.54) is 0 Å². The molecular weight excluding hydrogens is 280 g/mol. The van der Waals surface area contributed by atoms with Crippen molar-refractivity contribution in [3.8, 4) is 0 Å². The molecule has 0 heterocycles. The van der Waals surface area contributed by atoms with Crippen LogP contribution in [0.15, 0.2) is 67.7 Å². The highest BCUT2D eigenvalue weighted by Crippen LogP contribution is 2.30. The van der Waals surface area contributed by atoms with Crippen molar-refractivity contribution < 1.29 is 0 Å². The summed E-state index contributed by atoms with van der Waals surface area (Å²) >= 11 is 0. The second kappa shape index (κ2) is 4.18. The molecule has 0 atom stereocenters. The number of rotatable bonds is 0. The smallest absolute Gasteiger partial charge is 0.277 e. The van der Waals surface area contributed by atoms with Crippen LogP contribution in [0.3, 0.4) is 0 Å². The molecular formula is C18H8O4. The predicted molar refractivity (Wildman–Crippen MR) is 86.4 cm³/mol. The fourth-order valence-electron chi connectivity index (χ4n) is 3.05. The van der Waals surface area contributed by atoms with E-state index < -0.39 is 21.7 Å². The molecule has 0 fully saturated rings. The highest BCUT2D eigenvalue weighted by molar-refractivity contribution is 6.25. The molecule has 0 N–H and O–H groups in total. The van der Waals surface area contributed by atoms with E-state index in [2.05, 4.69) is 0 Å². The Kier molecular flexibility index (Phi) is 2.39. The normalized spacial score (nSPS) is 11.5. The van der Waals surface area contributed by atoms with Gasteiger partial charge in [-0.1, -0.05) is 48.5 Å². The van der Waals surface area contributed by atoms with Crippen molar-refractivity contribution in [1.82, 2.24) is 0 Å². The van der Waals surface area contributed by atoms with Gasteiger partial charge in [0.1, 0.15) is 0 Å². The Hall–Kier alpha value is -3.14. The molecule has 0 radical (unpaired) electrons. The maximum atomic E-state index is 12.3. The van der Waals surface area contributed by atoms with Crippen LogP contribution in [-0.4, -0.2) is 0 Å². The van der Waals surface area contributed by atoms with Crippen LogP contribution in [0, 0.1) is 0 Å². The van der Waals surface area contributed by atoms with E-state index in [4.69, 9.17) is 0 Å². The van der Waals surface area contributed by atoms with Gasteiger partial charge in [0.05, 0.1) is 0 Å². The third-order valence-corrected chi connectivity index (χ3v) is 4.01. The lowest BCUT2D eigenvalue weighted by molar-refractivity contribution is 1.41. The van der Waals surface area contributed by atoms with Crippen molar-refractivity contribution in [3.63, 3.8) is 0 Å². The van der Waals surface area contributed by atoms with E-state index in [0.717, 1.165) is 10.8 Å². The Morgan fingerprint density at radius 3 is 1.09 bits per heavy atom. The maximum Gasteiger partial charge on any atom is 0.277 e. The van der Waals surface area contributed by atoms with Crippen molar-refractivity contribution in [2.45, 2.75) is 0 Å². The predicted octanol–water partition coefficient (Wildman–Crippen LogP) is 1.46. The fraction of sp³-hybridized carbons (Fsp3) is 0. The molecule has 0 bridgehead atoms. The number of hydrogen-bond acceptors (Lipinski definition) is 4. The van der Waals surface area contributed by atoms with Gasteiger partial charge in [0.25, 0.3) is 10.9 Å². The van der Waals surface area contributed by atoms with Gasteiger partial charge in [0, 0.05) is 10.8 Å². The maximum absolute atomic E-state index is 12.3.